The predicted molar refractivity (Wildman–Crippen MR) is 53.1 cm³/mol. The van der Waals surface area contributed by atoms with Crippen molar-refractivity contribution in [2.75, 3.05) is 0 Å². The summed E-state index contributed by atoms with van der Waals surface area (Å²) in [5, 5.41) is 0.692. The van der Waals surface area contributed by atoms with E-state index < -0.39 is 0 Å². The van der Waals surface area contributed by atoms with Crippen molar-refractivity contribution in [3.05, 3.63) is 34.8 Å². The summed E-state index contributed by atoms with van der Waals surface area (Å²) in [6, 6.07) is 3.08. The van der Waals surface area contributed by atoms with Crippen LogP contribution in [-0.4, -0.2) is 11.3 Å². The minimum Gasteiger partial charge on any atom is -0.356 e. The molecule has 0 atom stereocenters. The normalized spacial score (nSPS) is 10.8. The summed E-state index contributed by atoms with van der Waals surface area (Å²) in [6.45, 7) is 3.63. The molecule has 0 aliphatic carbocycles. The van der Waals surface area contributed by atoms with E-state index in [1.54, 1.807) is 13.0 Å². The Kier molecular flexibility index (Phi) is 1.88. The molecule has 1 N–H and O–H groups in total. The third-order valence-corrected chi connectivity index (χ3v) is 2.47. The molecular formula is C11H10FNO. The van der Waals surface area contributed by atoms with E-state index in [4.69, 9.17) is 0 Å². The predicted octanol–water partition coefficient (Wildman–Crippen LogP) is 2.74. The van der Waals surface area contributed by atoms with E-state index in [1.165, 1.54) is 6.07 Å². The zero-order valence-corrected chi connectivity index (χ0v) is 8.02. The minimum atomic E-state index is -0.318. The lowest BCUT2D eigenvalue weighted by atomic mass is 10.1. The van der Waals surface area contributed by atoms with Crippen molar-refractivity contribution in [2.24, 2.45) is 0 Å². The van der Waals surface area contributed by atoms with Crippen LogP contribution < -0.4 is 0 Å². The molecule has 72 valence electrons. The van der Waals surface area contributed by atoms with Crippen molar-refractivity contribution in [3.8, 4) is 0 Å². The molecule has 2 nitrogen and oxygen atoms in total. The van der Waals surface area contributed by atoms with Crippen molar-refractivity contribution < 1.29 is 9.18 Å². The molecular weight excluding hydrogens is 181 g/mol. The van der Waals surface area contributed by atoms with Crippen molar-refractivity contribution >= 4 is 17.2 Å². The zero-order valence-electron chi connectivity index (χ0n) is 8.02. The number of benzene rings is 1. The van der Waals surface area contributed by atoms with Gasteiger partial charge in [-0.3, -0.25) is 4.79 Å². The molecule has 0 saturated heterocycles. The van der Waals surface area contributed by atoms with Crippen LogP contribution in [0.15, 0.2) is 12.1 Å². The molecule has 1 heterocycles. The Balaban J connectivity index is 3.00. The minimum absolute atomic E-state index is 0.318. The van der Waals surface area contributed by atoms with Gasteiger partial charge in [-0.1, -0.05) is 6.07 Å². The topological polar surface area (TPSA) is 32.9 Å². The first-order chi connectivity index (χ1) is 6.65. The number of rotatable bonds is 1. The van der Waals surface area contributed by atoms with Gasteiger partial charge in [-0.2, -0.15) is 0 Å². The van der Waals surface area contributed by atoms with Crippen molar-refractivity contribution in [1.82, 2.24) is 4.98 Å². The van der Waals surface area contributed by atoms with Crippen molar-refractivity contribution in [3.63, 3.8) is 0 Å². The van der Waals surface area contributed by atoms with Gasteiger partial charge >= 0.3 is 0 Å². The largest absolute Gasteiger partial charge is 0.356 e. The molecule has 1 aromatic carbocycles. The number of carbonyl (C=O) groups is 1. The monoisotopic (exact) mass is 191 g/mol. The van der Waals surface area contributed by atoms with Crippen LogP contribution in [0.5, 0.6) is 0 Å². The highest BCUT2D eigenvalue weighted by atomic mass is 19.1. The molecule has 2 aromatic rings. The molecule has 0 fully saturated rings. The smallest absolute Gasteiger partial charge is 0.152 e. The second-order valence-corrected chi connectivity index (χ2v) is 3.40. The van der Waals surface area contributed by atoms with Gasteiger partial charge in [-0.15, -0.1) is 0 Å². The Morgan fingerprint density at radius 3 is 2.71 bits per heavy atom. The first kappa shape index (κ1) is 8.94. The highest BCUT2D eigenvalue weighted by Crippen LogP contribution is 2.25. The van der Waals surface area contributed by atoms with Crippen LogP contribution in [0.2, 0.25) is 0 Å². The average molecular weight is 191 g/mol. The Hall–Kier alpha value is -1.64. The standard InChI is InChI=1S/C11H10FNO/c1-6-3-4-9(12)11-10(6)8(5-14)7(2)13-11/h3-5,13H,1-2H3. The fraction of sp³-hybridized carbons (Fsp3) is 0.182. The molecule has 0 radical (unpaired) electrons. The van der Waals surface area contributed by atoms with Crippen LogP contribution in [0.3, 0.4) is 0 Å². The molecule has 1 aromatic heterocycles. The maximum Gasteiger partial charge on any atom is 0.152 e. The molecule has 0 saturated carbocycles. The second-order valence-electron chi connectivity index (χ2n) is 3.40. The van der Waals surface area contributed by atoms with Gasteiger partial charge in [0.15, 0.2) is 6.29 Å². The molecule has 0 aliphatic rings. The molecule has 2 rings (SSSR count). The van der Waals surface area contributed by atoms with Crippen molar-refractivity contribution in [2.45, 2.75) is 13.8 Å². The Morgan fingerprint density at radius 2 is 2.07 bits per heavy atom. The number of aromatic nitrogens is 1. The first-order valence-electron chi connectivity index (χ1n) is 4.37. The van der Waals surface area contributed by atoms with E-state index in [0.29, 0.717) is 22.2 Å². The molecule has 0 bridgehead atoms. The van der Waals surface area contributed by atoms with Gasteiger partial charge in [-0.05, 0) is 25.5 Å². The van der Waals surface area contributed by atoms with E-state index in [9.17, 15) is 9.18 Å². The van der Waals surface area contributed by atoms with Crippen molar-refractivity contribution in [1.29, 1.82) is 0 Å². The highest BCUT2D eigenvalue weighted by Gasteiger charge is 2.12. The first-order valence-corrected chi connectivity index (χ1v) is 4.37. The number of aromatic amines is 1. The van der Waals surface area contributed by atoms with Crippen LogP contribution in [0, 0.1) is 19.7 Å². The second kappa shape index (κ2) is 2.94. The lowest BCUT2D eigenvalue weighted by Gasteiger charge is -1.97. The fourth-order valence-corrected chi connectivity index (χ4v) is 1.74. The molecule has 0 spiro atoms. The van der Waals surface area contributed by atoms with Crippen LogP contribution in [0.25, 0.3) is 10.9 Å². The van der Waals surface area contributed by atoms with Crippen LogP contribution in [-0.2, 0) is 0 Å². The maximum absolute atomic E-state index is 13.3. The summed E-state index contributed by atoms with van der Waals surface area (Å²) >= 11 is 0. The van der Waals surface area contributed by atoms with E-state index in [-0.39, 0.29) is 5.82 Å². The molecule has 0 aliphatic heterocycles. The molecule has 0 unspecified atom stereocenters. The number of halogens is 1. The number of aryl methyl sites for hydroxylation is 2. The SMILES string of the molecule is Cc1[nH]c2c(F)ccc(C)c2c1C=O. The average Bonchev–Trinajstić information content (AvgIpc) is 2.50. The number of hydrogen-bond acceptors (Lipinski definition) is 1. The van der Waals surface area contributed by atoms with Gasteiger partial charge in [0.1, 0.15) is 5.82 Å². The van der Waals surface area contributed by atoms with Crippen LogP contribution in [0.4, 0.5) is 4.39 Å². The fourth-order valence-electron chi connectivity index (χ4n) is 1.74. The quantitative estimate of drug-likeness (QED) is 0.691. The molecule has 14 heavy (non-hydrogen) atoms. The number of fused-ring (bicyclic) bond motifs is 1. The number of carbonyl (C=O) groups excluding carboxylic acids is 1. The summed E-state index contributed by atoms with van der Waals surface area (Å²) in [4.78, 5) is 13.7. The summed E-state index contributed by atoms with van der Waals surface area (Å²) in [7, 11) is 0. The summed E-state index contributed by atoms with van der Waals surface area (Å²) in [5.74, 6) is -0.318. The third-order valence-electron chi connectivity index (χ3n) is 2.47. The molecule has 0 amide bonds. The third kappa shape index (κ3) is 1.05. The number of hydrogen-bond donors (Lipinski definition) is 1. The van der Waals surface area contributed by atoms with E-state index in [2.05, 4.69) is 4.98 Å². The lowest BCUT2D eigenvalue weighted by Crippen LogP contribution is -1.84. The van der Waals surface area contributed by atoms with Gasteiger partial charge in [-0.25, -0.2) is 4.39 Å². The van der Waals surface area contributed by atoms with E-state index in [0.717, 1.165) is 11.8 Å². The van der Waals surface area contributed by atoms with E-state index >= 15 is 0 Å². The summed E-state index contributed by atoms with van der Waals surface area (Å²) in [5.41, 5.74) is 2.60. The molecule has 3 heteroatoms. The van der Waals surface area contributed by atoms with Gasteiger partial charge in [0, 0.05) is 16.6 Å². The Morgan fingerprint density at radius 1 is 1.36 bits per heavy atom. The van der Waals surface area contributed by atoms with E-state index in [1.807, 2.05) is 6.92 Å². The van der Waals surface area contributed by atoms with Crippen LogP contribution in [0.1, 0.15) is 21.6 Å². The van der Waals surface area contributed by atoms with Gasteiger partial charge in [0.05, 0.1) is 5.52 Å². The maximum atomic E-state index is 13.3. The highest BCUT2D eigenvalue weighted by molar-refractivity contribution is 6.00. The van der Waals surface area contributed by atoms with Gasteiger partial charge in [0.2, 0.25) is 0 Å². The number of H-pyrrole nitrogens is 1. The summed E-state index contributed by atoms with van der Waals surface area (Å²) < 4.78 is 13.3. The van der Waals surface area contributed by atoms with Gasteiger partial charge < -0.3 is 4.98 Å². The Bertz CT molecular complexity index is 513. The number of aldehydes is 1. The number of nitrogens with one attached hydrogen (secondary N) is 1. The van der Waals surface area contributed by atoms with Crippen LogP contribution >= 0.6 is 0 Å². The lowest BCUT2D eigenvalue weighted by molar-refractivity contribution is 0.112. The summed E-state index contributed by atoms with van der Waals surface area (Å²) in [6.07, 6.45) is 0.764. The van der Waals surface area contributed by atoms with Gasteiger partial charge in [0.25, 0.3) is 0 Å². The zero-order chi connectivity index (χ0) is 10.3. The Labute approximate surface area is 80.7 Å².